The summed E-state index contributed by atoms with van der Waals surface area (Å²) in [4.78, 5) is 0.388. The Hall–Kier alpha value is -1.51. The van der Waals surface area contributed by atoms with Crippen molar-refractivity contribution in [2.75, 3.05) is 52.4 Å². The molecule has 0 saturated carbocycles. The van der Waals surface area contributed by atoms with Crippen molar-refractivity contribution in [2.24, 2.45) is 0 Å². The number of hydrogen-bond donors (Lipinski definition) is 3. The molecule has 3 rings (SSSR count). The molecule has 1 saturated heterocycles. The first-order chi connectivity index (χ1) is 12.2. The monoisotopic (exact) mass is 362 g/mol. The molecule has 1 aliphatic heterocycles. The van der Waals surface area contributed by atoms with Crippen LogP contribution in [0.2, 0.25) is 0 Å². The predicted octanol–water partition coefficient (Wildman–Crippen LogP) is 0.613. The average molecular weight is 362 g/mol. The summed E-state index contributed by atoms with van der Waals surface area (Å²) in [5.41, 5.74) is 0. The van der Waals surface area contributed by atoms with Gasteiger partial charge in [0.25, 0.3) is 0 Å². The van der Waals surface area contributed by atoms with Crippen LogP contribution in [0.25, 0.3) is 10.8 Å². The number of rotatable bonds is 2. The van der Waals surface area contributed by atoms with E-state index in [1.54, 1.807) is 10.4 Å². The fourth-order valence-electron chi connectivity index (χ4n) is 3.05. The maximum Gasteiger partial charge on any atom is 0.243 e. The SMILES string of the molecule is O=S(=O)(c1cccc2ccccc12)N1CCNCCNCCNCC1. The van der Waals surface area contributed by atoms with Crippen molar-refractivity contribution in [1.82, 2.24) is 20.3 Å². The normalized spacial score (nSPS) is 19.2. The molecule has 6 nitrogen and oxygen atoms in total. The Balaban J connectivity index is 1.86. The van der Waals surface area contributed by atoms with Gasteiger partial charge in [0, 0.05) is 57.7 Å². The maximum atomic E-state index is 13.3. The van der Waals surface area contributed by atoms with Gasteiger partial charge in [-0.1, -0.05) is 36.4 Å². The molecular weight excluding hydrogens is 336 g/mol. The second kappa shape index (κ2) is 8.73. The van der Waals surface area contributed by atoms with Gasteiger partial charge in [-0.05, 0) is 11.5 Å². The molecule has 0 amide bonds. The summed E-state index contributed by atoms with van der Waals surface area (Å²) in [6, 6.07) is 13.1. The van der Waals surface area contributed by atoms with Crippen LogP contribution in [0.1, 0.15) is 0 Å². The van der Waals surface area contributed by atoms with Gasteiger partial charge in [0.1, 0.15) is 0 Å². The number of nitrogens with one attached hydrogen (secondary N) is 3. The molecule has 1 heterocycles. The van der Waals surface area contributed by atoms with Crippen molar-refractivity contribution in [3.8, 4) is 0 Å². The zero-order valence-electron chi connectivity index (χ0n) is 14.4. The summed E-state index contributed by atoms with van der Waals surface area (Å²) in [5, 5.41) is 11.7. The van der Waals surface area contributed by atoms with E-state index < -0.39 is 10.0 Å². The number of fused-ring (bicyclic) bond motifs is 1. The van der Waals surface area contributed by atoms with Crippen molar-refractivity contribution >= 4 is 20.8 Å². The van der Waals surface area contributed by atoms with Gasteiger partial charge in [-0.25, -0.2) is 8.42 Å². The average Bonchev–Trinajstić information content (AvgIpc) is 2.61. The fourth-order valence-corrected chi connectivity index (χ4v) is 4.70. The molecule has 0 radical (unpaired) electrons. The Kier molecular flexibility index (Phi) is 6.39. The largest absolute Gasteiger partial charge is 0.314 e. The third kappa shape index (κ3) is 4.56. The van der Waals surface area contributed by atoms with Gasteiger partial charge < -0.3 is 16.0 Å². The van der Waals surface area contributed by atoms with Crippen LogP contribution in [0.15, 0.2) is 47.4 Å². The molecule has 7 heteroatoms. The third-order valence-corrected chi connectivity index (χ3v) is 6.36. The minimum absolute atomic E-state index is 0.388. The summed E-state index contributed by atoms with van der Waals surface area (Å²) in [7, 11) is -3.54. The van der Waals surface area contributed by atoms with E-state index in [0.29, 0.717) is 31.1 Å². The van der Waals surface area contributed by atoms with E-state index >= 15 is 0 Å². The molecule has 25 heavy (non-hydrogen) atoms. The van der Waals surface area contributed by atoms with Gasteiger partial charge in [0.15, 0.2) is 0 Å². The molecule has 136 valence electrons. The van der Waals surface area contributed by atoms with Crippen molar-refractivity contribution in [1.29, 1.82) is 0 Å². The van der Waals surface area contributed by atoms with E-state index in [-0.39, 0.29) is 0 Å². The lowest BCUT2D eigenvalue weighted by atomic mass is 10.1. The zero-order chi connectivity index (χ0) is 17.5. The van der Waals surface area contributed by atoms with E-state index in [2.05, 4.69) is 16.0 Å². The first-order valence-electron chi connectivity index (χ1n) is 8.80. The second-order valence-electron chi connectivity index (χ2n) is 6.13. The molecule has 2 aromatic rings. The van der Waals surface area contributed by atoms with Crippen LogP contribution < -0.4 is 16.0 Å². The Morgan fingerprint density at radius 1 is 0.720 bits per heavy atom. The minimum atomic E-state index is -3.54. The van der Waals surface area contributed by atoms with Gasteiger partial charge >= 0.3 is 0 Å². The summed E-state index contributed by atoms with van der Waals surface area (Å²) in [5.74, 6) is 0. The Bertz CT molecular complexity index is 777. The summed E-state index contributed by atoms with van der Waals surface area (Å²) in [6.45, 7) is 5.66. The van der Waals surface area contributed by atoms with Crippen molar-refractivity contribution in [2.45, 2.75) is 4.90 Å². The molecule has 0 aromatic heterocycles. The van der Waals surface area contributed by atoms with Crippen molar-refractivity contribution in [3.63, 3.8) is 0 Å². The smallest absolute Gasteiger partial charge is 0.243 e. The van der Waals surface area contributed by atoms with E-state index in [9.17, 15) is 8.42 Å². The Labute approximate surface area is 149 Å². The van der Waals surface area contributed by atoms with Gasteiger partial charge in [-0.15, -0.1) is 0 Å². The van der Waals surface area contributed by atoms with Gasteiger partial charge in [-0.3, -0.25) is 0 Å². The predicted molar refractivity (Wildman–Crippen MR) is 101 cm³/mol. The molecule has 0 aliphatic carbocycles. The van der Waals surface area contributed by atoms with Gasteiger partial charge in [0.2, 0.25) is 10.0 Å². The van der Waals surface area contributed by atoms with E-state index in [0.717, 1.165) is 37.0 Å². The number of benzene rings is 2. The topological polar surface area (TPSA) is 73.5 Å². The summed E-state index contributed by atoms with van der Waals surface area (Å²) >= 11 is 0. The first-order valence-corrected chi connectivity index (χ1v) is 10.2. The molecule has 0 bridgehead atoms. The lowest BCUT2D eigenvalue weighted by Gasteiger charge is -2.24. The standard InChI is InChI=1S/C18H26N4O2S/c23-25(24,18-7-3-5-16-4-1-2-6-17(16)18)22-14-12-20-10-8-19-9-11-21-13-15-22/h1-7,19-21H,8-15H2. The summed E-state index contributed by atoms with van der Waals surface area (Å²) in [6.07, 6.45) is 0. The molecule has 2 aromatic carbocycles. The molecule has 0 atom stereocenters. The van der Waals surface area contributed by atoms with Crippen molar-refractivity contribution < 1.29 is 8.42 Å². The molecule has 3 N–H and O–H groups in total. The molecule has 0 unspecified atom stereocenters. The number of sulfonamides is 1. The number of nitrogens with zero attached hydrogens (tertiary/aromatic N) is 1. The van der Waals surface area contributed by atoms with Crippen LogP contribution in [0.3, 0.4) is 0 Å². The molecular formula is C18H26N4O2S. The third-order valence-electron chi connectivity index (χ3n) is 4.40. The quantitative estimate of drug-likeness (QED) is 0.730. The van der Waals surface area contributed by atoms with Crippen LogP contribution in [-0.2, 0) is 10.0 Å². The zero-order valence-corrected chi connectivity index (χ0v) is 15.2. The fraction of sp³-hybridized carbons (Fsp3) is 0.444. The van der Waals surface area contributed by atoms with E-state index in [1.807, 2.05) is 36.4 Å². The Morgan fingerprint density at radius 3 is 1.96 bits per heavy atom. The van der Waals surface area contributed by atoms with E-state index in [1.165, 1.54) is 0 Å². The molecule has 1 fully saturated rings. The lowest BCUT2D eigenvalue weighted by molar-refractivity contribution is 0.393. The van der Waals surface area contributed by atoms with Gasteiger partial charge in [-0.2, -0.15) is 4.31 Å². The highest BCUT2D eigenvalue weighted by Gasteiger charge is 2.25. The van der Waals surface area contributed by atoms with Gasteiger partial charge in [0.05, 0.1) is 4.90 Å². The summed E-state index contributed by atoms with van der Waals surface area (Å²) < 4.78 is 28.1. The number of hydrogen-bond acceptors (Lipinski definition) is 5. The highest BCUT2D eigenvalue weighted by Crippen LogP contribution is 2.25. The second-order valence-corrected chi connectivity index (χ2v) is 8.04. The maximum absolute atomic E-state index is 13.3. The first kappa shape index (κ1) is 18.3. The molecule has 1 aliphatic rings. The van der Waals surface area contributed by atoms with Crippen LogP contribution >= 0.6 is 0 Å². The Morgan fingerprint density at radius 2 is 1.28 bits per heavy atom. The molecule has 0 spiro atoms. The van der Waals surface area contributed by atoms with Crippen LogP contribution in [0.5, 0.6) is 0 Å². The van der Waals surface area contributed by atoms with Crippen LogP contribution in [0, 0.1) is 0 Å². The lowest BCUT2D eigenvalue weighted by Crippen LogP contribution is -2.44. The van der Waals surface area contributed by atoms with Crippen LogP contribution in [0.4, 0.5) is 0 Å². The minimum Gasteiger partial charge on any atom is -0.314 e. The van der Waals surface area contributed by atoms with Crippen molar-refractivity contribution in [3.05, 3.63) is 42.5 Å². The van der Waals surface area contributed by atoms with Crippen LogP contribution in [-0.4, -0.2) is 65.1 Å². The highest BCUT2D eigenvalue weighted by molar-refractivity contribution is 7.89. The highest BCUT2D eigenvalue weighted by atomic mass is 32.2. The van der Waals surface area contributed by atoms with E-state index in [4.69, 9.17) is 0 Å².